The number of hydrogen-bond acceptors (Lipinski definition) is 6. The molecule has 3 aliphatic heterocycles. The van der Waals surface area contributed by atoms with Crippen molar-refractivity contribution in [2.75, 3.05) is 32.1 Å². The van der Waals surface area contributed by atoms with E-state index in [4.69, 9.17) is 9.47 Å². The lowest BCUT2D eigenvalue weighted by molar-refractivity contribution is -0.135. The SMILES string of the molecule is COc1ccc([Si](C)(C)[C@H]2[C@H](C)[C@H](CCc3cccc(NC(=O)[C@H]4CCCN4)c3)O[C@@H]2CC(=O)N2CCC[C@H]2CO)cc1. The summed E-state index contributed by atoms with van der Waals surface area (Å²) in [5.41, 5.74) is 2.25. The molecule has 43 heavy (non-hydrogen) atoms. The van der Waals surface area contributed by atoms with E-state index in [9.17, 15) is 14.7 Å². The molecule has 3 fully saturated rings. The smallest absolute Gasteiger partial charge is 0.241 e. The number of nitrogens with one attached hydrogen (secondary N) is 2. The highest BCUT2D eigenvalue weighted by Gasteiger charge is 2.51. The molecule has 3 aliphatic rings. The van der Waals surface area contributed by atoms with E-state index in [1.807, 2.05) is 29.2 Å². The van der Waals surface area contributed by atoms with Gasteiger partial charge in [0.15, 0.2) is 0 Å². The maximum absolute atomic E-state index is 13.6. The van der Waals surface area contributed by atoms with Crippen LogP contribution in [0.2, 0.25) is 18.6 Å². The van der Waals surface area contributed by atoms with Crippen LogP contribution >= 0.6 is 0 Å². The number of rotatable bonds is 11. The van der Waals surface area contributed by atoms with Crippen molar-refractivity contribution in [2.45, 2.75) is 94.8 Å². The average molecular weight is 608 g/mol. The van der Waals surface area contributed by atoms with Crippen LogP contribution in [-0.4, -0.2) is 81.0 Å². The largest absolute Gasteiger partial charge is 0.497 e. The van der Waals surface area contributed by atoms with Gasteiger partial charge in [0.1, 0.15) is 5.75 Å². The van der Waals surface area contributed by atoms with Crippen molar-refractivity contribution in [3.63, 3.8) is 0 Å². The van der Waals surface area contributed by atoms with Gasteiger partial charge < -0.3 is 30.1 Å². The van der Waals surface area contributed by atoms with Gasteiger partial charge in [0.25, 0.3) is 0 Å². The second-order valence-electron chi connectivity index (χ2n) is 13.2. The number of anilines is 1. The van der Waals surface area contributed by atoms with Gasteiger partial charge in [0.05, 0.1) is 52.5 Å². The molecule has 2 aromatic carbocycles. The zero-order valence-electron chi connectivity index (χ0n) is 26.2. The summed E-state index contributed by atoms with van der Waals surface area (Å²) in [4.78, 5) is 28.1. The summed E-state index contributed by atoms with van der Waals surface area (Å²) in [6.07, 6.45) is 5.60. The van der Waals surface area contributed by atoms with Crippen LogP contribution in [0.25, 0.3) is 0 Å². The Kier molecular flexibility index (Phi) is 10.3. The van der Waals surface area contributed by atoms with Crippen LogP contribution in [0, 0.1) is 5.92 Å². The molecule has 0 saturated carbocycles. The summed E-state index contributed by atoms with van der Waals surface area (Å²) >= 11 is 0. The van der Waals surface area contributed by atoms with E-state index >= 15 is 0 Å². The number of nitrogens with zero attached hydrogens (tertiary/aromatic N) is 1. The maximum Gasteiger partial charge on any atom is 0.241 e. The van der Waals surface area contributed by atoms with Crippen molar-refractivity contribution in [1.29, 1.82) is 0 Å². The Balaban J connectivity index is 1.31. The van der Waals surface area contributed by atoms with E-state index in [0.29, 0.717) is 13.0 Å². The van der Waals surface area contributed by atoms with E-state index in [0.717, 1.165) is 56.5 Å². The highest BCUT2D eigenvalue weighted by atomic mass is 28.3. The van der Waals surface area contributed by atoms with Gasteiger partial charge in [-0.3, -0.25) is 9.59 Å². The zero-order valence-corrected chi connectivity index (χ0v) is 27.2. The van der Waals surface area contributed by atoms with Crippen molar-refractivity contribution in [3.8, 4) is 5.75 Å². The number of benzene rings is 2. The Morgan fingerprint density at radius 3 is 2.60 bits per heavy atom. The van der Waals surface area contributed by atoms with Gasteiger partial charge in [-0.15, -0.1) is 0 Å². The predicted octanol–water partition coefficient (Wildman–Crippen LogP) is 4.08. The number of methoxy groups -OCH3 is 1. The molecule has 3 heterocycles. The Hall–Kier alpha value is -2.72. The Morgan fingerprint density at radius 1 is 1.12 bits per heavy atom. The number of carbonyl (C=O) groups excluding carboxylic acids is 2. The Bertz CT molecular complexity index is 1250. The van der Waals surface area contributed by atoms with Crippen molar-refractivity contribution < 1.29 is 24.2 Å². The van der Waals surface area contributed by atoms with Gasteiger partial charge in [-0.1, -0.05) is 49.5 Å². The number of aliphatic hydroxyl groups excluding tert-OH is 1. The van der Waals surface area contributed by atoms with E-state index < -0.39 is 8.07 Å². The lowest BCUT2D eigenvalue weighted by atomic mass is 9.95. The minimum Gasteiger partial charge on any atom is -0.497 e. The first-order chi connectivity index (χ1) is 20.7. The third kappa shape index (κ3) is 7.17. The molecule has 0 radical (unpaired) electrons. The summed E-state index contributed by atoms with van der Waals surface area (Å²) < 4.78 is 12.3. The minimum atomic E-state index is -2.08. The van der Waals surface area contributed by atoms with Gasteiger partial charge >= 0.3 is 0 Å². The van der Waals surface area contributed by atoms with Gasteiger partial charge in [0.2, 0.25) is 11.8 Å². The first-order valence-corrected chi connectivity index (χ1v) is 19.1. The second kappa shape index (κ2) is 13.9. The lowest BCUT2D eigenvalue weighted by Gasteiger charge is -2.36. The number of hydrogen-bond donors (Lipinski definition) is 3. The normalized spacial score (nSPS) is 27.4. The predicted molar refractivity (Wildman–Crippen MR) is 173 cm³/mol. The van der Waals surface area contributed by atoms with Crippen molar-refractivity contribution in [2.24, 2.45) is 5.92 Å². The van der Waals surface area contributed by atoms with E-state index in [2.05, 4.69) is 54.9 Å². The third-order valence-corrected chi connectivity index (χ3v) is 14.5. The molecule has 0 spiro atoms. The van der Waals surface area contributed by atoms with Crippen LogP contribution in [0.5, 0.6) is 5.75 Å². The summed E-state index contributed by atoms with van der Waals surface area (Å²) in [7, 11) is -0.399. The second-order valence-corrected chi connectivity index (χ2v) is 17.9. The molecule has 0 aliphatic carbocycles. The lowest BCUT2D eigenvalue weighted by Crippen LogP contribution is -2.51. The van der Waals surface area contributed by atoms with Crippen LogP contribution in [0.15, 0.2) is 48.5 Å². The van der Waals surface area contributed by atoms with Crippen molar-refractivity contribution >= 4 is 30.8 Å². The highest BCUT2D eigenvalue weighted by Crippen LogP contribution is 2.46. The van der Waals surface area contributed by atoms with Crippen LogP contribution in [0.1, 0.15) is 51.0 Å². The minimum absolute atomic E-state index is 0.0164. The number of aliphatic hydroxyl groups is 1. The summed E-state index contributed by atoms with van der Waals surface area (Å²) in [6.45, 7) is 8.72. The van der Waals surface area contributed by atoms with Gasteiger partial charge in [-0.05, 0) is 86.4 Å². The van der Waals surface area contributed by atoms with E-state index in [-0.39, 0.29) is 54.2 Å². The number of aryl methyl sites for hydroxylation is 1. The van der Waals surface area contributed by atoms with Gasteiger partial charge in [-0.2, -0.15) is 0 Å². The summed E-state index contributed by atoms with van der Waals surface area (Å²) in [6, 6.07) is 16.4. The van der Waals surface area contributed by atoms with Crippen LogP contribution < -0.4 is 20.6 Å². The molecule has 0 unspecified atom stereocenters. The molecule has 5 rings (SSSR count). The molecule has 3 N–H and O–H groups in total. The molecule has 0 bridgehead atoms. The summed E-state index contributed by atoms with van der Waals surface area (Å²) in [5.74, 6) is 1.25. The number of amides is 2. The molecule has 0 aromatic heterocycles. The standard InChI is InChI=1S/C34H49N3O5Si/c1-23-30(17-12-24-8-5-9-25(20-24)36-34(40)29-11-6-18-35-29)42-31(21-32(39)37-19-7-10-26(37)22-38)33(23)43(3,4)28-15-13-27(41-2)14-16-28/h5,8-9,13-16,20,23,26,29-31,33,35,38H,6-7,10-12,17-19,21-22H2,1-4H3,(H,36,40)/t23-,26+,29-,30+,31-,33+/m1/s1. The first kappa shape index (κ1) is 31.7. The fraction of sp³-hybridized carbons (Fsp3) is 0.588. The zero-order chi connectivity index (χ0) is 30.6. The molecule has 2 amide bonds. The topological polar surface area (TPSA) is 100 Å². The fourth-order valence-corrected chi connectivity index (χ4v) is 11.8. The van der Waals surface area contributed by atoms with Crippen molar-refractivity contribution in [3.05, 3.63) is 54.1 Å². The molecule has 3 saturated heterocycles. The first-order valence-electron chi connectivity index (χ1n) is 16.0. The number of ether oxygens (including phenoxy) is 2. The average Bonchev–Trinajstić information content (AvgIpc) is 3.77. The molecule has 8 nitrogen and oxygen atoms in total. The molecular weight excluding hydrogens is 558 g/mol. The van der Waals surface area contributed by atoms with Crippen LogP contribution in [-0.2, 0) is 20.7 Å². The molecule has 9 heteroatoms. The maximum atomic E-state index is 13.6. The monoisotopic (exact) mass is 607 g/mol. The summed E-state index contributed by atoms with van der Waals surface area (Å²) in [5, 5.41) is 17.5. The highest BCUT2D eigenvalue weighted by molar-refractivity contribution is 6.91. The van der Waals surface area contributed by atoms with Gasteiger partial charge in [-0.25, -0.2) is 0 Å². The number of likely N-dealkylation sites (tertiary alicyclic amines) is 1. The molecule has 6 atom stereocenters. The fourth-order valence-electron chi connectivity index (χ4n) is 7.74. The van der Waals surface area contributed by atoms with Gasteiger partial charge in [0, 0.05) is 12.2 Å². The Morgan fingerprint density at radius 2 is 1.91 bits per heavy atom. The third-order valence-electron chi connectivity index (χ3n) is 10.1. The Labute approximate surface area is 257 Å². The molecule has 234 valence electrons. The van der Waals surface area contributed by atoms with E-state index in [1.165, 1.54) is 10.8 Å². The molecule has 2 aromatic rings. The number of carbonyl (C=O) groups is 2. The van der Waals surface area contributed by atoms with Crippen LogP contribution in [0.3, 0.4) is 0 Å². The van der Waals surface area contributed by atoms with Crippen molar-refractivity contribution in [1.82, 2.24) is 10.2 Å². The molecular formula is C34H49N3O5Si. The quantitative estimate of drug-likeness (QED) is 0.333. The van der Waals surface area contributed by atoms with Crippen LogP contribution in [0.4, 0.5) is 5.69 Å². The van der Waals surface area contributed by atoms with E-state index in [1.54, 1.807) is 7.11 Å².